The Morgan fingerprint density at radius 3 is 2.56 bits per heavy atom. The van der Waals surface area contributed by atoms with Gasteiger partial charge in [-0.2, -0.15) is 0 Å². The van der Waals surface area contributed by atoms with Crippen LogP contribution in [0.4, 0.5) is 0 Å². The minimum atomic E-state index is -3.63. The number of carbonyl (C=O) groups is 1. The zero-order valence-corrected chi connectivity index (χ0v) is 16.6. The van der Waals surface area contributed by atoms with Gasteiger partial charge in [-0.1, -0.05) is 18.2 Å². The van der Waals surface area contributed by atoms with Crippen LogP contribution in [0, 0.1) is 0 Å². The van der Waals surface area contributed by atoms with Gasteiger partial charge in [0.05, 0.1) is 4.90 Å². The largest absolute Gasteiger partial charge is 0.352 e. The van der Waals surface area contributed by atoms with E-state index < -0.39 is 15.6 Å². The highest BCUT2D eigenvalue weighted by molar-refractivity contribution is 7.89. The molecule has 1 fully saturated rings. The molecule has 1 aromatic carbocycles. The van der Waals surface area contributed by atoms with E-state index in [0.29, 0.717) is 12.0 Å². The summed E-state index contributed by atoms with van der Waals surface area (Å²) in [4.78, 5) is 12.3. The van der Waals surface area contributed by atoms with Crippen LogP contribution in [0.25, 0.3) is 0 Å². The van der Waals surface area contributed by atoms with E-state index in [1.54, 1.807) is 45.0 Å². The Kier molecular flexibility index (Phi) is 7.87. The number of benzene rings is 1. The van der Waals surface area contributed by atoms with Gasteiger partial charge in [-0.3, -0.25) is 4.79 Å². The first-order valence-corrected chi connectivity index (χ1v) is 9.78. The lowest BCUT2D eigenvalue weighted by atomic mass is 10.1. The van der Waals surface area contributed by atoms with Crippen LogP contribution in [0.2, 0.25) is 0 Å². The first kappa shape index (κ1) is 21.9. The van der Waals surface area contributed by atoms with Crippen molar-refractivity contribution in [3.05, 3.63) is 29.8 Å². The molecule has 3 N–H and O–H groups in total. The van der Waals surface area contributed by atoms with Gasteiger partial charge in [0.1, 0.15) is 0 Å². The Labute approximate surface area is 156 Å². The van der Waals surface area contributed by atoms with Crippen molar-refractivity contribution in [2.75, 3.05) is 6.54 Å². The van der Waals surface area contributed by atoms with Crippen molar-refractivity contribution in [1.82, 2.24) is 15.4 Å². The van der Waals surface area contributed by atoms with E-state index in [0.717, 1.165) is 19.4 Å². The third-order valence-corrected chi connectivity index (χ3v) is 5.63. The Balaban J connectivity index is 0.00000312. The van der Waals surface area contributed by atoms with Crippen molar-refractivity contribution >= 4 is 28.3 Å². The summed E-state index contributed by atoms with van der Waals surface area (Å²) >= 11 is 0. The van der Waals surface area contributed by atoms with Crippen LogP contribution in [0.5, 0.6) is 0 Å². The molecule has 2 rings (SSSR count). The van der Waals surface area contributed by atoms with Gasteiger partial charge in [-0.25, -0.2) is 13.1 Å². The Bertz CT molecular complexity index is 681. The second kappa shape index (κ2) is 8.98. The Morgan fingerprint density at radius 1 is 1.28 bits per heavy atom. The van der Waals surface area contributed by atoms with Crippen molar-refractivity contribution in [2.24, 2.45) is 0 Å². The lowest BCUT2D eigenvalue weighted by molar-refractivity contribution is -0.121. The molecule has 142 valence electrons. The fraction of sp³-hybridized carbons (Fsp3) is 0.588. The number of hydrogen-bond acceptors (Lipinski definition) is 4. The summed E-state index contributed by atoms with van der Waals surface area (Å²) in [5.41, 5.74) is 0.0190. The van der Waals surface area contributed by atoms with Crippen molar-refractivity contribution in [3.63, 3.8) is 0 Å². The van der Waals surface area contributed by atoms with Crippen LogP contribution in [0.3, 0.4) is 0 Å². The maximum absolute atomic E-state index is 12.6. The van der Waals surface area contributed by atoms with Crippen LogP contribution in [-0.4, -0.2) is 32.5 Å². The lowest BCUT2D eigenvalue weighted by Gasteiger charge is -2.21. The molecule has 1 atom stereocenters. The predicted molar refractivity (Wildman–Crippen MR) is 101 cm³/mol. The number of nitrogens with one attached hydrogen (secondary N) is 3. The minimum absolute atomic E-state index is 0. The average molecular weight is 390 g/mol. The van der Waals surface area contributed by atoms with Gasteiger partial charge in [-0.05, 0) is 51.8 Å². The zero-order valence-electron chi connectivity index (χ0n) is 15.0. The fourth-order valence-corrected chi connectivity index (χ4v) is 4.45. The molecule has 1 unspecified atom stereocenters. The standard InChI is InChI=1S/C17H27N3O3S.ClH/c1-17(2,3)20-24(22,23)15-9-5-4-7-13(15)12-19-16(21)11-14-8-6-10-18-14;/h4-5,7,9,14,18,20H,6,8,10-12H2,1-3H3,(H,19,21);1H. The van der Waals surface area contributed by atoms with Gasteiger partial charge < -0.3 is 10.6 Å². The maximum Gasteiger partial charge on any atom is 0.241 e. The van der Waals surface area contributed by atoms with Gasteiger partial charge in [0, 0.05) is 24.5 Å². The van der Waals surface area contributed by atoms with Gasteiger partial charge in [0.2, 0.25) is 15.9 Å². The number of sulfonamides is 1. The van der Waals surface area contributed by atoms with E-state index in [9.17, 15) is 13.2 Å². The second-order valence-electron chi connectivity index (χ2n) is 7.24. The number of amides is 1. The molecule has 1 heterocycles. The molecule has 0 radical (unpaired) electrons. The molecule has 0 aliphatic carbocycles. The predicted octanol–water partition coefficient (Wildman–Crippen LogP) is 1.94. The molecule has 0 aromatic heterocycles. The van der Waals surface area contributed by atoms with Gasteiger partial charge in [0.25, 0.3) is 0 Å². The van der Waals surface area contributed by atoms with Crippen LogP contribution >= 0.6 is 12.4 Å². The van der Waals surface area contributed by atoms with E-state index in [1.807, 2.05) is 0 Å². The molecular formula is C17H28ClN3O3S. The summed E-state index contributed by atoms with van der Waals surface area (Å²) < 4.78 is 27.8. The molecule has 8 heteroatoms. The lowest BCUT2D eigenvalue weighted by Crippen LogP contribution is -2.41. The molecule has 0 spiro atoms. The van der Waals surface area contributed by atoms with Gasteiger partial charge in [-0.15, -0.1) is 12.4 Å². The molecule has 1 amide bonds. The zero-order chi connectivity index (χ0) is 17.8. The van der Waals surface area contributed by atoms with Crippen molar-refractivity contribution < 1.29 is 13.2 Å². The van der Waals surface area contributed by atoms with E-state index in [1.165, 1.54) is 0 Å². The van der Waals surface area contributed by atoms with E-state index in [-0.39, 0.29) is 35.8 Å². The normalized spacial score (nSPS) is 17.8. The number of carbonyl (C=O) groups excluding carboxylic acids is 1. The first-order chi connectivity index (χ1) is 11.2. The van der Waals surface area contributed by atoms with E-state index in [2.05, 4.69) is 15.4 Å². The van der Waals surface area contributed by atoms with Gasteiger partial charge in [0.15, 0.2) is 0 Å². The summed E-state index contributed by atoms with van der Waals surface area (Å²) in [6.45, 7) is 6.54. The van der Waals surface area contributed by atoms with Crippen molar-refractivity contribution in [3.8, 4) is 0 Å². The summed E-state index contributed by atoms with van der Waals surface area (Å²) in [6, 6.07) is 6.98. The first-order valence-electron chi connectivity index (χ1n) is 8.29. The quantitative estimate of drug-likeness (QED) is 0.693. The third-order valence-electron chi connectivity index (χ3n) is 3.77. The van der Waals surface area contributed by atoms with Crippen LogP contribution in [0.1, 0.15) is 45.6 Å². The number of hydrogen-bond donors (Lipinski definition) is 3. The summed E-state index contributed by atoms with van der Waals surface area (Å²) in [5, 5.41) is 6.11. The Morgan fingerprint density at radius 2 is 1.96 bits per heavy atom. The number of rotatable bonds is 6. The molecule has 1 saturated heterocycles. The van der Waals surface area contributed by atoms with E-state index in [4.69, 9.17) is 0 Å². The monoisotopic (exact) mass is 389 g/mol. The summed E-state index contributed by atoms with van der Waals surface area (Å²) in [5.74, 6) is -0.0645. The molecule has 1 aromatic rings. The summed E-state index contributed by atoms with van der Waals surface area (Å²) in [6.07, 6.45) is 2.53. The van der Waals surface area contributed by atoms with Crippen molar-refractivity contribution in [2.45, 2.75) is 63.1 Å². The highest BCUT2D eigenvalue weighted by Gasteiger charge is 2.24. The van der Waals surface area contributed by atoms with Crippen LogP contribution in [0.15, 0.2) is 29.2 Å². The third kappa shape index (κ3) is 6.93. The molecule has 25 heavy (non-hydrogen) atoms. The number of halogens is 1. The molecule has 1 aliphatic rings. The highest BCUT2D eigenvalue weighted by Crippen LogP contribution is 2.18. The Hall–Kier alpha value is -1.15. The van der Waals surface area contributed by atoms with Crippen LogP contribution in [-0.2, 0) is 21.4 Å². The molecule has 6 nitrogen and oxygen atoms in total. The average Bonchev–Trinajstić information content (AvgIpc) is 2.96. The minimum Gasteiger partial charge on any atom is -0.352 e. The van der Waals surface area contributed by atoms with Crippen LogP contribution < -0.4 is 15.4 Å². The topological polar surface area (TPSA) is 87.3 Å². The maximum atomic E-state index is 12.6. The SMILES string of the molecule is CC(C)(C)NS(=O)(=O)c1ccccc1CNC(=O)CC1CCCN1.Cl. The highest BCUT2D eigenvalue weighted by atomic mass is 35.5. The summed E-state index contributed by atoms with van der Waals surface area (Å²) in [7, 11) is -3.63. The molecule has 1 aliphatic heterocycles. The molecular weight excluding hydrogens is 362 g/mol. The van der Waals surface area contributed by atoms with Crippen molar-refractivity contribution in [1.29, 1.82) is 0 Å². The second-order valence-corrected chi connectivity index (χ2v) is 8.89. The smallest absolute Gasteiger partial charge is 0.241 e. The molecule has 0 bridgehead atoms. The molecule has 0 saturated carbocycles. The fourth-order valence-electron chi connectivity index (χ4n) is 2.79. The van der Waals surface area contributed by atoms with Gasteiger partial charge >= 0.3 is 0 Å². The van der Waals surface area contributed by atoms with E-state index >= 15 is 0 Å².